The Morgan fingerprint density at radius 1 is 0.333 bits per heavy atom. The van der Waals surface area contributed by atoms with Crippen LogP contribution >= 0.6 is 0 Å². The first-order valence-corrected chi connectivity index (χ1v) is 12.7. The third-order valence-electron chi connectivity index (χ3n) is 7.86. The molecule has 0 radical (unpaired) electrons. The first-order valence-electron chi connectivity index (χ1n) is 12.7. The number of hydrogen-bond donors (Lipinski definition) is 0. The zero-order valence-electron chi connectivity index (χ0n) is 20.0. The van der Waals surface area contributed by atoms with Crippen LogP contribution < -0.4 is 0 Å². The van der Waals surface area contributed by atoms with Crippen LogP contribution in [0.3, 0.4) is 0 Å². The fourth-order valence-corrected chi connectivity index (χ4v) is 6.54. The van der Waals surface area contributed by atoms with Gasteiger partial charge in [0.05, 0.1) is 5.41 Å². The quantitative estimate of drug-likeness (QED) is 0.247. The monoisotopic (exact) mass is 458 g/mol. The molecule has 0 saturated heterocycles. The van der Waals surface area contributed by atoms with Gasteiger partial charge < -0.3 is 0 Å². The molecule has 36 heavy (non-hydrogen) atoms. The lowest BCUT2D eigenvalue weighted by molar-refractivity contribution is 0.539. The van der Waals surface area contributed by atoms with Gasteiger partial charge in [0.1, 0.15) is 0 Å². The van der Waals surface area contributed by atoms with E-state index in [0.29, 0.717) is 0 Å². The van der Waals surface area contributed by atoms with Crippen LogP contribution in [0.5, 0.6) is 0 Å². The van der Waals surface area contributed by atoms with Crippen molar-refractivity contribution in [1.82, 2.24) is 0 Å². The van der Waals surface area contributed by atoms with Crippen LogP contribution in [0, 0.1) is 5.92 Å². The van der Waals surface area contributed by atoms with Crippen molar-refractivity contribution in [2.45, 2.75) is 5.41 Å². The highest BCUT2D eigenvalue weighted by atomic mass is 14.7. The van der Waals surface area contributed by atoms with E-state index >= 15 is 0 Å². The van der Waals surface area contributed by atoms with E-state index in [4.69, 9.17) is 0 Å². The molecular formula is C36H26. The molecule has 0 amide bonds. The van der Waals surface area contributed by atoms with E-state index in [9.17, 15) is 0 Å². The van der Waals surface area contributed by atoms with Crippen molar-refractivity contribution in [2.75, 3.05) is 0 Å². The van der Waals surface area contributed by atoms with E-state index < -0.39 is 0 Å². The summed E-state index contributed by atoms with van der Waals surface area (Å²) in [6, 6.07) is 55.1. The van der Waals surface area contributed by atoms with Gasteiger partial charge in [0.25, 0.3) is 0 Å². The van der Waals surface area contributed by atoms with Gasteiger partial charge in [-0.1, -0.05) is 152 Å². The molecule has 0 heteroatoms. The van der Waals surface area contributed by atoms with Gasteiger partial charge in [0.15, 0.2) is 0 Å². The van der Waals surface area contributed by atoms with Crippen LogP contribution in [0.15, 0.2) is 152 Å². The summed E-state index contributed by atoms with van der Waals surface area (Å²) in [6.45, 7) is 0. The lowest BCUT2D eigenvalue weighted by Crippen LogP contribution is -2.54. The van der Waals surface area contributed by atoms with Crippen molar-refractivity contribution in [2.24, 2.45) is 5.92 Å². The zero-order valence-corrected chi connectivity index (χ0v) is 20.0. The minimum Gasteiger partial charge on any atom is -0.0622 e. The number of fused-ring (bicyclic) bond motifs is 1. The van der Waals surface area contributed by atoms with Gasteiger partial charge >= 0.3 is 0 Å². The largest absolute Gasteiger partial charge is 0.0622 e. The Kier molecular flexibility index (Phi) is 4.85. The van der Waals surface area contributed by atoms with Gasteiger partial charge in [-0.05, 0) is 50.1 Å². The molecule has 170 valence electrons. The van der Waals surface area contributed by atoms with E-state index in [0.717, 1.165) is 0 Å². The summed E-state index contributed by atoms with van der Waals surface area (Å²) in [5.41, 5.74) is 12.2. The van der Waals surface area contributed by atoms with Crippen LogP contribution in [-0.4, -0.2) is 0 Å². The first-order chi connectivity index (χ1) is 17.9. The summed E-state index contributed by atoms with van der Waals surface area (Å²) >= 11 is 0. The molecule has 5 aromatic rings. The second kappa shape index (κ2) is 8.36. The third-order valence-corrected chi connectivity index (χ3v) is 7.86. The molecule has 0 atom stereocenters. The SMILES string of the molecule is c1ccc(C2=C(c3ccccc3)C3(c4ccccc4)C(c4ccccc4)=C(c4ccccc4)C23)cc1. The molecule has 2 aliphatic rings. The maximum absolute atomic E-state index is 2.32. The molecule has 0 saturated carbocycles. The topological polar surface area (TPSA) is 0 Å². The van der Waals surface area contributed by atoms with Gasteiger partial charge in [-0.25, -0.2) is 0 Å². The fourth-order valence-electron chi connectivity index (χ4n) is 6.54. The first kappa shape index (κ1) is 20.9. The Morgan fingerprint density at radius 2 is 0.639 bits per heavy atom. The van der Waals surface area contributed by atoms with Crippen molar-refractivity contribution in [3.63, 3.8) is 0 Å². The Hall–Kier alpha value is -4.42. The molecule has 5 aromatic carbocycles. The third kappa shape index (κ3) is 2.88. The van der Waals surface area contributed by atoms with E-state index in [-0.39, 0.29) is 11.3 Å². The molecule has 0 nitrogen and oxygen atoms in total. The van der Waals surface area contributed by atoms with Crippen LogP contribution in [0.1, 0.15) is 27.8 Å². The average molecular weight is 459 g/mol. The van der Waals surface area contributed by atoms with Crippen molar-refractivity contribution in [1.29, 1.82) is 0 Å². The minimum atomic E-state index is -0.194. The molecule has 0 N–H and O–H groups in total. The molecular weight excluding hydrogens is 432 g/mol. The minimum absolute atomic E-state index is 0.194. The summed E-state index contributed by atoms with van der Waals surface area (Å²) in [5, 5.41) is 0. The Labute approximate surface area is 212 Å². The summed E-state index contributed by atoms with van der Waals surface area (Å²) in [6.07, 6.45) is 0. The van der Waals surface area contributed by atoms with Crippen molar-refractivity contribution < 1.29 is 0 Å². The predicted octanol–water partition coefficient (Wildman–Crippen LogP) is 8.79. The van der Waals surface area contributed by atoms with Crippen molar-refractivity contribution in [3.8, 4) is 0 Å². The fraction of sp³-hybridized carbons (Fsp3) is 0.0556. The number of benzene rings is 5. The van der Waals surface area contributed by atoms with Gasteiger partial charge in [-0.2, -0.15) is 0 Å². The second-order valence-electron chi connectivity index (χ2n) is 9.65. The summed E-state index contributed by atoms with van der Waals surface area (Å²) in [5.74, 6) is 0.287. The van der Waals surface area contributed by atoms with Crippen molar-refractivity contribution in [3.05, 3.63) is 179 Å². The van der Waals surface area contributed by atoms with Crippen LogP contribution in [0.2, 0.25) is 0 Å². The van der Waals surface area contributed by atoms with Crippen LogP contribution in [0.25, 0.3) is 22.3 Å². The maximum Gasteiger partial charge on any atom is 0.0578 e. The normalized spacial score (nSPS) is 20.4. The lowest BCUT2D eigenvalue weighted by atomic mass is 9.37. The Balaban J connectivity index is 1.60. The van der Waals surface area contributed by atoms with Crippen molar-refractivity contribution >= 4 is 22.3 Å². The summed E-state index contributed by atoms with van der Waals surface area (Å²) in [7, 11) is 0. The molecule has 7 rings (SSSR count). The standard InChI is InChI=1S/C36H26/c1-6-16-26(17-7-1)31-33(28-20-10-3-11-21-28)36(30-24-14-5-15-25-30)34(29-22-12-4-13-23-29)32(35(31)36)27-18-8-2-9-19-27/h1-25,35H. The van der Waals surface area contributed by atoms with Gasteiger partial charge in [-0.3, -0.25) is 0 Å². The maximum atomic E-state index is 2.32. The Bertz CT molecular complexity index is 1480. The molecule has 0 bridgehead atoms. The molecule has 0 heterocycles. The second-order valence-corrected chi connectivity index (χ2v) is 9.65. The summed E-state index contributed by atoms with van der Waals surface area (Å²) < 4.78 is 0. The number of hydrogen-bond acceptors (Lipinski definition) is 0. The van der Waals surface area contributed by atoms with Crippen LogP contribution in [-0.2, 0) is 5.41 Å². The molecule has 0 fully saturated rings. The van der Waals surface area contributed by atoms with Gasteiger partial charge in [-0.15, -0.1) is 0 Å². The molecule has 2 aliphatic carbocycles. The molecule has 0 unspecified atom stereocenters. The average Bonchev–Trinajstić information content (AvgIpc) is 2.95. The smallest absolute Gasteiger partial charge is 0.0578 e. The molecule has 0 aliphatic heterocycles. The molecule has 0 aromatic heterocycles. The number of allylic oxidation sites excluding steroid dienone is 4. The van der Waals surface area contributed by atoms with Crippen LogP contribution in [0.4, 0.5) is 0 Å². The van der Waals surface area contributed by atoms with Gasteiger partial charge in [0.2, 0.25) is 0 Å². The molecule has 0 spiro atoms. The van der Waals surface area contributed by atoms with E-state index in [2.05, 4.69) is 152 Å². The zero-order chi connectivity index (χ0) is 24.0. The highest BCUT2D eigenvalue weighted by molar-refractivity contribution is 6.27. The Morgan fingerprint density at radius 3 is 1.00 bits per heavy atom. The summed E-state index contributed by atoms with van der Waals surface area (Å²) in [4.78, 5) is 0. The van der Waals surface area contributed by atoms with Gasteiger partial charge in [0, 0.05) is 5.92 Å². The predicted molar refractivity (Wildman–Crippen MR) is 151 cm³/mol. The lowest BCUT2D eigenvalue weighted by Gasteiger charge is -2.64. The van der Waals surface area contributed by atoms with E-state index in [1.165, 1.54) is 50.1 Å². The van der Waals surface area contributed by atoms with E-state index in [1.807, 2.05) is 0 Å². The highest BCUT2D eigenvalue weighted by Gasteiger charge is 2.66. The van der Waals surface area contributed by atoms with E-state index in [1.54, 1.807) is 0 Å². The number of rotatable bonds is 5. The highest BCUT2D eigenvalue weighted by Crippen LogP contribution is 2.77.